The standard InChI is InChI=1S/C16H19N9O5S2.2H2O/c1-20-15(18)23-21-3-5-9(14(28)29)25-12(27)7(13(25)32-11(5)17)10(26)8(24-30-2)6-4-31-16(19)22-6;;/h3-4,7,11,13H,17H2,1-2H3,(H2,19,22)(H,28,29)(H3,18,20,23);2*1H2/b21-3-,24-8?;;/t7?,11?,13-;;/m1../s1. The molecule has 0 spiro atoms. The number of aliphatic carboxylic acids is 1. The molecular weight excluding hydrogens is 494 g/mol. The van der Waals surface area contributed by atoms with E-state index in [0.29, 0.717) is 0 Å². The summed E-state index contributed by atoms with van der Waals surface area (Å²) in [4.78, 5) is 51.3. The number of nitrogens with zero attached hydrogens (tertiary/aromatic N) is 5. The van der Waals surface area contributed by atoms with Crippen LogP contribution in [0.4, 0.5) is 5.13 Å². The Bertz CT molecular complexity index is 1080. The molecule has 0 radical (unpaired) electrons. The topological polar surface area (TPSA) is 287 Å². The monoisotopic (exact) mass is 517 g/mol. The van der Waals surface area contributed by atoms with Crippen LogP contribution in [0.5, 0.6) is 0 Å². The highest BCUT2D eigenvalue weighted by atomic mass is 32.2. The van der Waals surface area contributed by atoms with Crippen molar-refractivity contribution in [3.8, 4) is 0 Å². The zero-order valence-electron chi connectivity index (χ0n) is 17.8. The van der Waals surface area contributed by atoms with Gasteiger partial charge in [0.1, 0.15) is 29.8 Å². The van der Waals surface area contributed by atoms with Gasteiger partial charge in [-0.1, -0.05) is 5.16 Å². The molecular formula is C16H23N9O7S2. The largest absolute Gasteiger partial charge is 0.477 e. The SMILES string of the molecule is CN=C(N)N/N=C\C1=C(C(=O)O)N2C(=O)C(C(=O)C(=NOC)c3csc(N)n3)[C@H]2SC1N.O.O. The first-order valence-electron chi connectivity index (χ1n) is 8.80. The van der Waals surface area contributed by atoms with E-state index in [4.69, 9.17) is 22.0 Å². The number of amides is 1. The number of thioether (sulfide) groups is 1. The van der Waals surface area contributed by atoms with Gasteiger partial charge in [0.05, 0.1) is 11.6 Å². The lowest BCUT2D eigenvalue weighted by Gasteiger charge is -2.49. The number of fused-ring (bicyclic) bond motifs is 1. The summed E-state index contributed by atoms with van der Waals surface area (Å²) in [5, 5.41) is 17.2. The molecule has 34 heavy (non-hydrogen) atoms. The van der Waals surface area contributed by atoms with Gasteiger partial charge in [0.2, 0.25) is 17.6 Å². The lowest BCUT2D eigenvalue weighted by Crippen LogP contribution is -2.66. The molecule has 1 saturated heterocycles. The van der Waals surface area contributed by atoms with Gasteiger partial charge in [0.15, 0.2) is 10.8 Å². The first-order valence-corrected chi connectivity index (χ1v) is 10.6. The Morgan fingerprint density at radius 2 is 2.06 bits per heavy atom. The number of guanidine groups is 1. The summed E-state index contributed by atoms with van der Waals surface area (Å²) in [6, 6.07) is 0. The number of nitrogens with one attached hydrogen (secondary N) is 1. The van der Waals surface area contributed by atoms with Crippen molar-refractivity contribution in [2.75, 3.05) is 19.9 Å². The van der Waals surface area contributed by atoms with Crippen molar-refractivity contribution in [1.82, 2.24) is 15.3 Å². The van der Waals surface area contributed by atoms with Crippen LogP contribution < -0.4 is 22.6 Å². The fourth-order valence-electron chi connectivity index (χ4n) is 3.01. The van der Waals surface area contributed by atoms with E-state index < -0.39 is 34.3 Å². The molecule has 12 N–H and O–H groups in total. The average molecular weight is 518 g/mol. The number of aliphatic imine (C=N–C) groups is 1. The molecule has 3 heterocycles. The van der Waals surface area contributed by atoms with E-state index in [1.54, 1.807) is 0 Å². The first-order chi connectivity index (χ1) is 15.2. The van der Waals surface area contributed by atoms with Crippen LogP contribution in [0.2, 0.25) is 0 Å². The van der Waals surface area contributed by atoms with Crippen LogP contribution in [0.3, 0.4) is 0 Å². The van der Waals surface area contributed by atoms with Crippen LogP contribution in [0.1, 0.15) is 5.69 Å². The minimum absolute atomic E-state index is 0. The predicted molar refractivity (Wildman–Crippen MR) is 126 cm³/mol. The Hall–Kier alpha value is -3.58. The van der Waals surface area contributed by atoms with Crippen molar-refractivity contribution in [2.24, 2.45) is 32.6 Å². The summed E-state index contributed by atoms with van der Waals surface area (Å²) >= 11 is 2.12. The molecule has 1 aromatic heterocycles. The Morgan fingerprint density at radius 1 is 1.38 bits per heavy atom. The summed E-state index contributed by atoms with van der Waals surface area (Å²) in [5.41, 5.74) is 19.3. The molecule has 0 saturated carbocycles. The van der Waals surface area contributed by atoms with Crippen LogP contribution in [0.25, 0.3) is 0 Å². The number of anilines is 1. The van der Waals surface area contributed by atoms with E-state index in [2.05, 4.69) is 25.7 Å². The number of carboxylic acid groups (broad SMARTS) is 1. The third-order valence-corrected chi connectivity index (χ3v) is 6.42. The first kappa shape index (κ1) is 28.5. The number of ketones is 1. The van der Waals surface area contributed by atoms with E-state index in [-0.39, 0.29) is 44.7 Å². The van der Waals surface area contributed by atoms with E-state index >= 15 is 0 Å². The molecule has 16 nitrogen and oxygen atoms in total. The number of thiazole rings is 1. The number of rotatable bonds is 7. The van der Waals surface area contributed by atoms with Crippen molar-refractivity contribution >= 4 is 63.8 Å². The number of carboxylic acids is 1. The van der Waals surface area contributed by atoms with Gasteiger partial charge in [0, 0.05) is 18.0 Å². The maximum atomic E-state index is 13.1. The summed E-state index contributed by atoms with van der Waals surface area (Å²) in [7, 11) is 2.67. The molecule has 0 aliphatic carbocycles. The zero-order chi connectivity index (χ0) is 23.6. The van der Waals surface area contributed by atoms with Crippen molar-refractivity contribution in [3.05, 3.63) is 22.3 Å². The molecule has 0 bridgehead atoms. The molecule has 1 aromatic rings. The molecule has 0 aromatic carbocycles. The molecule has 18 heteroatoms. The lowest BCUT2D eigenvalue weighted by molar-refractivity contribution is -0.155. The number of hydrogen-bond donors (Lipinski definition) is 5. The van der Waals surface area contributed by atoms with E-state index in [9.17, 15) is 19.5 Å². The van der Waals surface area contributed by atoms with Crippen LogP contribution in [-0.4, -0.2) is 86.4 Å². The van der Waals surface area contributed by atoms with Crippen molar-refractivity contribution in [1.29, 1.82) is 0 Å². The molecule has 3 rings (SSSR count). The highest BCUT2D eigenvalue weighted by Crippen LogP contribution is 2.46. The maximum Gasteiger partial charge on any atom is 0.353 e. The molecule has 1 amide bonds. The second-order valence-electron chi connectivity index (χ2n) is 6.28. The third kappa shape index (κ3) is 5.15. The van der Waals surface area contributed by atoms with E-state index in [0.717, 1.165) is 34.2 Å². The third-order valence-electron chi connectivity index (χ3n) is 4.44. The fraction of sp³-hybridized carbons (Fsp3) is 0.312. The molecule has 186 valence electrons. The Balaban J connectivity index is 0.00000289. The second kappa shape index (κ2) is 11.5. The van der Waals surface area contributed by atoms with Crippen molar-refractivity contribution < 1.29 is 35.3 Å². The minimum atomic E-state index is -1.40. The van der Waals surface area contributed by atoms with Crippen molar-refractivity contribution in [3.63, 3.8) is 0 Å². The van der Waals surface area contributed by atoms with Crippen LogP contribution >= 0.6 is 23.1 Å². The highest BCUT2D eigenvalue weighted by molar-refractivity contribution is 8.00. The highest BCUT2D eigenvalue weighted by Gasteiger charge is 2.59. The Morgan fingerprint density at radius 3 is 2.59 bits per heavy atom. The summed E-state index contributed by atoms with van der Waals surface area (Å²) in [5.74, 6) is -4.04. The molecule has 2 aliphatic heterocycles. The van der Waals surface area contributed by atoms with Crippen LogP contribution in [0.15, 0.2) is 31.9 Å². The number of nitrogen functional groups attached to an aromatic ring is 1. The zero-order valence-corrected chi connectivity index (χ0v) is 19.4. The quantitative estimate of drug-likeness (QED) is 0.0783. The van der Waals surface area contributed by atoms with Gasteiger partial charge in [-0.05, 0) is 0 Å². The smallest absolute Gasteiger partial charge is 0.353 e. The van der Waals surface area contributed by atoms with Crippen LogP contribution in [-0.2, 0) is 19.2 Å². The molecule has 2 aliphatic rings. The number of hydrogen-bond acceptors (Lipinski definition) is 12. The summed E-state index contributed by atoms with van der Waals surface area (Å²) in [6.45, 7) is 0. The predicted octanol–water partition coefficient (Wildman–Crippen LogP) is -3.33. The van der Waals surface area contributed by atoms with E-state index in [1.807, 2.05) is 0 Å². The fourth-order valence-corrected chi connectivity index (χ4v) is 4.91. The van der Waals surface area contributed by atoms with Gasteiger partial charge in [0.25, 0.3) is 0 Å². The van der Waals surface area contributed by atoms with Gasteiger partial charge >= 0.3 is 5.97 Å². The summed E-state index contributed by atoms with van der Waals surface area (Å²) < 4.78 is 0. The number of aromatic nitrogens is 1. The number of hydrazone groups is 1. The maximum absolute atomic E-state index is 13.1. The summed E-state index contributed by atoms with van der Waals surface area (Å²) in [6.07, 6.45) is 1.15. The van der Waals surface area contributed by atoms with Gasteiger partial charge < -0.3 is 38.1 Å². The van der Waals surface area contributed by atoms with Crippen LogP contribution in [0, 0.1) is 5.92 Å². The average Bonchev–Trinajstić information content (AvgIpc) is 3.18. The number of Topliss-reactive ketones (excluding diaryl/α,β-unsaturated/α-hetero) is 1. The number of carbonyl (C=O) groups is 3. The normalized spacial score (nSPS) is 22.4. The van der Waals surface area contributed by atoms with Crippen molar-refractivity contribution in [2.45, 2.75) is 10.7 Å². The number of oxime groups is 1. The molecule has 1 fully saturated rings. The second-order valence-corrected chi connectivity index (χ2v) is 8.43. The molecule has 3 atom stereocenters. The van der Waals surface area contributed by atoms with Gasteiger partial charge in [-0.15, -0.1) is 23.1 Å². The Kier molecular flexibility index (Phi) is 9.64. The number of nitrogens with two attached hydrogens (primary N) is 3. The number of β-lactam (4-membered cyclic amide) rings is 1. The Labute approximate surface area is 200 Å². The van der Waals surface area contributed by atoms with Gasteiger partial charge in [-0.3, -0.25) is 19.5 Å². The minimum Gasteiger partial charge on any atom is -0.477 e. The van der Waals surface area contributed by atoms with Gasteiger partial charge in [-0.25, -0.2) is 15.2 Å². The number of carbonyl (C=O) groups excluding carboxylic acids is 2. The van der Waals surface area contributed by atoms with E-state index in [1.165, 1.54) is 19.5 Å². The van der Waals surface area contributed by atoms with Gasteiger partial charge in [-0.2, -0.15) is 5.10 Å². The lowest BCUT2D eigenvalue weighted by atomic mass is 9.88. The molecule has 2 unspecified atom stereocenters.